The molecule has 31 heavy (non-hydrogen) atoms. The summed E-state index contributed by atoms with van der Waals surface area (Å²) in [5.74, 6) is 0.153. The van der Waals surface area contributed by atoms with Gasteiger partial charge in [-0.3, -0.25) is 0 Å². The molecule has 162 valence electrons. The number of likely N-dealkylation sites (tertiary alicyclic amines) is 1. The Labute approximate surface area is 186 Å². The largest absolute Gasteiger partial charge is 0.397 e. The van der Waals surface area contributed by atoms with E-state index in [2.05, 4.69) is 38.2 Å². The lowest BCUT2D eigenvalue weighted by Crippen LogP contribution is -2.44. The number of halogens is 2. The van der Waals surface area contributed by atoms with Crippen molar-refractivity contribution in [2.45, 2.75) is 19.3 Å². The molecule has 2 aliphatic heterocycles. The Balaban J connectivity index is 1.46. The minimum absolute atomic E-state index is 0.0572. The number of rotatable bonds is 3. The first-order chi connectivity index (χ1) is 14.9. The van der Waals surface area contributed by atoms with Crippen LogP contribution >= 0.6 is 11.6 Å². The van der Waals surface area contributed by atoms with Gasteiger partial charge >= 0.3 is 0 Å². The summed E-state index contributed by atoms with van der Waals surface area (Å²) in [5, 5.41) is 4.08. The molecule has 0 radical (unpaired) electrons. The molecule has 6 nitrogen and oxygen atoms in total. The van der Waals surface area contributed by atoms with Crippen LogP contribution in [-0.4, -0.2) is 48.1 Å². The fraction of sp³-hybridized carbons (Fsp3) is 0.391. The fourth-order valence-electron chi connectivity index (χ4n) is 5.10. The molecule has 2 aliphatic rings. The molecule has 0 saturated carbocycles. The molecule has 0 bridgehead atoms. The molecule has 1 spiro atoms. The zero-order valence-electron chi connectivity index (χ0n) is 17.5. The third-order valence-corrected chi connectivity index (χ3v) is 6.89. The van der Waals surface area contributed by atoms with Crippen LogP contribution in [0.3, 0.4) is 0 Å². The van der Waals surface area contributed by atoms with Crippen molar-refractivity contribution in [1.29, 1.82) is 0 Å². The average Bonchev–Trinajstić information content (AvgIpc) is 3.10. The molecule has 5 rings (SSSR count). The summed E-state index contributed by atoms with van der Waals surface area (Å²) in [5.41, 5.74) is 10.1. The third-order valence-electron chi connectivity index (χ3n) is 6.60. The van der Waals surface area contributed by atoms with E-state index in [0.29, 0.717) is 22.6 Å². The van der Waals surface area contributed by atoms with Gasteiger partial charge in [-0.25, -0.2) is 14.4 Å². The van der Waals surface area contributed by atoms with Crippen LogP contribution in [0.15, 0.2) is 36.7 Å². The molecule has 3 aromatic rings. The first-order valence-corrected chi connectivity index (χ1v) is 11.0. The van der Waals surface area contributed by atoms with Gasteiger partial charge in [-0.15, -0.1) is 0 Å². The van der Waals surface area contributed by atoms with Crippen LogP contribution < -0.4 is 16.0 Å². The van der Waals surface area contributed by atoms with Gasteiger partial charge in [-0.05, 0) is 63.2 Å². The molecule has 8 heteroatoms. The lowest BCUT2D eigenvalue weighted by molar-refractivity contribution is 0.234. The van der Waals surface area contributed by atoms with Crippen LogP contribution in [0.25, 0.3) is 10.9 Å². The van der Waals surface area contributed by atoms with Gasteiger partial charge in [0.25, 0.3) is 0 Å². The summed E-state index contributed by atoms with van der Waals surface area (Å²) in [6, 6.07) is 8.48. The second-order valence-corrected chi connectivity index (χ2v) is 9.32. The second-order valence-electron chi connectivity index (χ2n) is 8.92. The van der Waals surface area contributed by atoms with Gasteiger partial charge in [0.15, 0.2) is 0 Å². The molecule has 0 aliphatic carbocycles. The van der Waals surface area contributed by atoms with Crippen molar-refractivity contribution in [3.05, 3.63) is 47.5 Å². The number of aromatic nitrogens is 2. The average molecular weight is 441 g/mol. The van der Waals surface area contributed by atoms with Crippen molar-refractivity contribution in [3.8, 4) is 0 Å². The van der Waals surface area contributed by atoms with E-state index in [-0.39, 0.29) is 5.02 Å². The summed E-state index contributed by atoms with van der Waals surface area (Å²) >= 11 is 5.91. The number of hydrogen-bond donors (Lipinski definition) is 2. The maximum absolute atomic E-state index is 13.5. The normalized spacial score (nSPS) is 21.8. The molecular formula is C23H26ClFN6. The molecule has 1 aromatic heterocycles. The number of nitrogen functional groups attached to an aromatic ring is 1. The van der Waals surface area contributed by atoms with Gasteiger partial charge in [-0.1, -0.05) is 11.6 Å². The zero-order chi connectivity index (χ0) is 21.6. The first kappa shape index (κ1) is 20.3. The molecule has 2 aromatic carbocycles. The summed E-state index contributed by atoms with van der Waals surface area (Å²) in [6.45, 7) is 4.34. The fourth-order valence-corrected chi connectivity index (χ4v) is 5.28. The highest BCUT2D eigenvalue weighted by atomic mass is 35.5. The standard InChI is InChI=1S/C23H26ClFN6/c1-30-8-6-23(12-30)5-2-7-31(13-23)21-11-20-16(10-19(21)26)22(28-14-27-20)29-15-3-4-18(25)17(24)9-15/h3-4,9-11,14H,2,5-8,12-13,26H2,1H3,(H,27,28,29). The Bertz CT molecular complexity index is 1130. The first-order valence-electron chi connectivity index (χ1n) is 10.6. The van der Waals surface area contributed by atoms with Gasteiger partial charge in [0.2, 0.25) is 0 Å². The van der Waals surface area contributed by atoms with Crippen LogP contribution in [0.1, 0.15) is 19.3 Å². The number of nitrogens with one attached hydrogen (secondary N) is 1. The zero-order valence-corrected chi connectivity index (χ0v) is 18.3. The monoisotopic (exact) mass is 440 g/mol. The van der Waals surface area contributed by atoms with Crippen LogP contribution in [0.5, 0.6) is 0 Å². The van der Waals surface area contributed by atoms with Crippen molar-refractivity contribution in [2.24, 2.45) is 5.41 Å². The predicted molar refractivity (Wildman–Crippen MR) is 125 cm³/mol. The molecule has 1 atom stereocenters. The maximum atomic E-state index is 13.5. The van der Waals surface area contributed by atoms with Crippen LogP contribution in [0.2, 0.25) is 5.02 Å². The smallest absolute Gasteiger partial charge is 0.141 e. The number of fused-ring (bicyclic) bond motifs is 1. The number of nitrogens with zero attached hydrogens (tertiary/aromatic N) is 4. The van der Waals surface area contributed by atoms with Crippen molar-refractivity contribution >= 4 is 45.4 Å². The number of piperidine rings is 1. The Morgan fingerprint density at radius 1 is 1.13 bits per heavy atom. The highest BCUT2D eigenvalue weighted by molar-refractivity contribution is 6.31. The molecule has 1 unspecified atom stereocenters. The minimum Gasteiger partial charge on any atom is -0.397 e. The lowest BCUT2D eigenvalue weighted by atomic mass is 9.79. The van der Waals surface area contributed by atoms with Gasteiger partial charge in [0.1, 0.15) is 18.0 Å². The van der Waals surface area contributed by atoms with Crippen molar-refractivity contribution in [3.63, 3.8) is 0 Å². The quantitative estimate of drug-likeness (QED) is 0.577. The Hall–Kier alpha value is -2.64. The summed E-state index contributed by atoms with van der Waals surface area (Å²) in [4.78, 5) is 13.7. The van der Waals surface area contributed by atoms with E-state index in [4.69, 9.17) is 17.3 Å². The number of anilines is 4. The molecule has 2 saturated heterocycles. The summed E-state index contributed by atoms with van der Waals surface area (Å²) in [7, 11) is 2.21. The van der Waals surface area contributed by atoms with E-state index in [1.165, 1.54) is 37.7 Å². The molecule has 0 amide bonds. The maximum Gasteiger partial charge on any atom is 0.141 e. The Morgan fingerprint density at radius 3 is 2.77 bits per heavy atom. The lowest BCUT2D eigenvalue weighted by Gasteiger charge is -2.42. The van der Waals surface area contributed by atoms with E-state index in [1.54, 1.807) is 6.07 Å². The van der Waals surface area contributed by atoms with E-state index in [9.17, 15) is 4.39 Å². The summed E-state index contributed by atoms with van der Waals surface area (Å²) < 4.78 is 13.5. The number of nitrogens with two attached hydrogens (primary N) is 1. The van der Waals surface area contributed by atoms with Crippen LogP contribution in [-0.2, 0) is 0 Å². The van der Waals surface area contributed by atoms with E-state index in [0.717, 1.165) is 42.8 Å². The highest BCUT2D eigenvalue weighted by Gasteiger charge is 2.40. The summed E-state index contributed by atoms with van der Waals surface area (Å²) in [6.07, 6.45) is 5.22. The van der Waals surface area contributed by atoms with E-state index >= 15 is 0 Å². The third kappa shape index (κ3) is 3.88. The van der Waals surface area contributed by atoms with E-state index in [1.807, 2.05) is 6.07 Å². The van der Waals surface area contributed by atoms with E-state index < -0.39 is 5.82 Å². The van der Waals surface area contributed by atoms with Gasteiger partial charge in [-0.2, -0.15) is 0 Å². The van der Waals surface area contributed by atoms with Gasteiger partial charge in [0.05, 0.1) is 21.9 Å². The van der Waals surface area contributed by atoms with Crippen molar-refractivity contribution < 1.29 is 4.39 Å². The minimum atomic E-state index is -0.457. The number of benzene rings is 2. The molecule has 3 N–H and O–H groups in total. The van der Waals surface area contributed by atoms with Gasteiger partial charge < -0.3 is 20.9 Å². The second kappa shape index (κ2) is 7.80. The molecule has 3 heterocycles. The predicted octanol–water partition coefficient (Wildman–Crippen LogP) is 4.67. The molecular weight excluding hydrogens is 415 g/mol. The van der Waals surface area contributed by atoms with Crippen LogP contribution in [0.4, 0.5) is 27.3 Å². The highest BCUT2D eigenvalue weighted by Crippen LogP contribution is 2.42. The van der Waals surface area contributed by atoms with Crippen molar-refractivity contribution in [1.82, 2.24) is 14.9 Å². The van der Waals surface area contributed by atoms with Crippen LogP contribution in [0, 0.1) is 11.2 Å². The SMILES string of the molecule is CN1CCC2(CCCN(c3cc4ncnc(Nc5ccc(F)c(Cl)c5)c4cc3N)C2)C1. The Morgan fingerprint density at radius 2 is 2.00 bits per heavy atom. The van der Waals surface area contributed by atoms with Crippen molar-refractivity contribution in [2.75, 3.05) is 49.2 Å². The topological polar surface area (TPSA) is 70.3 Å². The number of hydrogen-bond acceptors (Lipinski definition) is 6. The molecule has 2 fully saturated rings. The van der Waals surface area contributed by atoms with Gasteiger partial charge in [0, 0.05) is 36.1 Å². The Kier molecular flexibility index (Phi) is 5.10.